The van der Waals surface area contributed by atoms with E-state index in [4.69, 9.17) is 26.5 Å². The Labute approximate surface area is 158 Å². The number of rotatable bonds is 7. The van der Waals surface area contributed by atoms with E-state index in [1.807, 2.05) is 0 Å². The van der Waals surface area contributed by atoms with Gasteiger partial charge in [-0.2, -0.15) is 4.98 Å². The number of aliphatic hydroxyl groups is 1. The van der Waals surface area contributed by atoms with Crippen molar-refractivity contribution in [1.29, 1.82) is 0 Å². The van der Waals surface area contributed by atoms with Gasteiger partial charge in [-0.1, -0.05) is 19.0 Å². The van der Waals surface area contributed by atoms with E-state index in [1.165, 1.54) is 6.07 Å². The fraction of sp³-hybridized carbons (Fsp3) is 0.667. The van der Waals surface area contributed by atoms with Gasteiger partial charge in [0, 0.05) is 11.1 Å². The number of anilines is 1. The number of esters is 1. The molecule has 1 aliphatic heterocycles. The number of nitrogen functional groups attached to an aromatic ring is 1. The van der Waals surface area contributed by atoms with Gasteiger partial charge in [-0.15, -0.1) is 0 Å². The molecule has 0 aliphatic carbocycles. The van der Waals surface area contributed by atoms with Gasteiger partial charge in [0.05, 0.1) is 6.54 Å². The predicted molar refractivity (Wildman–Crippen MR) is 94.5 cm³/mol. The number of nitrogens with zero attached hydrogens (tertiary/aromatic N) is 5. The molecule has 12 nitrogen and oxygen atoms in total. The highest BCUT2D eigenvalue weighted by atomic mass is 19.1. The Kier molecular flexibility index (Phi) is 6.56. The molecule has 1 aliphatic rings. The number of ether oxygens (including phenoxy) is 2. The first-order valence-electron chi connectivity index (χ1n) is 8.40. The Balaban J connectivity index is 2.31. The van der Waals surface area contributed by atoms with E-state index in [0.29, 0.717) is 0 Å². The number of carbonyl (C=O) groups is 1. The maximum Gasteiger partial charge on any atom is 0.351 e. The van der Waals surface area contributed by atoms with Gasteiger partial charge in [0.25, 0.3) is 0 Å². The number of nitrogens with two attached hydrogens (primary N) is 2. The van der Waals surface area contributed by atoms with Crippen LogP contribution < -0.4 is 17.2 Å². The van der Waals surface area contributed by atoms with Crippen LogP contribution in [-0.2, 0) is 14.3 Å². The second-order valence-corrected chi connectivity index (χ2v) is 6.77. The fourth-order valence-electron chi connectivity index (χ4n) is 2.66. The van der Waals surface area contributed by atoms with Crippen LogP contribution in [0.4, 0.5) is 10.2 Å². The van der Waals surface area contributed by atoms with Gasteiger partial charge in [0.15, 0.2) is 12.4 Å². The molecule has 1 aromatic heterocycles. The summed E-state index contributed by atoms with van der Waals surface area (Å²) in [5, 5.41) is 13.7. The maximum atomic E-state index is 14.8. The molecule has 2 rings (SSSR count). The van der Waals surface area contributed by atoms with Crippen molar-refractivity contribution < 1.29 is 23.8 Å². The Bertz CT molecular complexity index is 827. The summed E-state index contributed by atoms with van der Waals surface area (Å²) in [7, 11) is 0. The molecule has 0 unspecified atom stereocenters. The summed E-state index contributed by atoms with van der Waals surface area (Å²) < 4.78 is 26.2. The zero-order valence-electron chi connectivity index (χ0n) is 15.3. The largest absolute Gasteiger partial charge is 0.461 e. The van der Waals surface area contributed by atoms with Gasteiger partial charge in [-0.25, -0.2) is 9.18 Å². The molecular formula is C15H22FN7O5. The molecule has 2 heterocycles. The molecule has 0 amide bonds. The molecule has 0 aromatic carbocycles. The number of alkyl halides is 1. The van der Waals surface area contributed by atoms with E-state index in [-0.39, 0.29) is 11.7 Å². The Hall–Kier alpha value is -2.73. The lowest BCUT2D eigenvalue weighted by molar-refractivity contribution is -0.166. The number of hydrogen-bond donors (Lipinski definition) is 3. The molecule has 0 bridgehead atoms. The van der Waals surface area contributed by atoms with Gasteiger partial charge >= 0.3 is 11.7 Å². The quantitative estimate of drug-likeness (QED) is 0.239. The fourth-order valence-corrected chi connectivity index (χ4v) is 2.66. The van der Waals surface area contributed by atoms with E-state index in [1.54, 1.807) is 13.8 Å². The number of aliphatic hydroxyl groups excluding tert-OH is 1. The third-order valence-electron chi connectivity index (χ3n) is 4.44. The summed E-state index contributed by atoms with van der Waals surface area (Å²) in [5.41, 5.74) is 16.9. The highest BCUT2D eigenvalue weighted by Crippen LogP contribution is 2.39. The molecule has 28 heavy (non-hydrogen) atoms. The van der Waals surface area contributed by atoms with Crippen molar-refractivity contribution in [3.8, 4) is 0 Å². The molecule has 0 saturated carbocycles. The van der Waals surface area contributed by atoms with Crippen LogP contribution >= 0.6 is 0 Å². The summed E-state index contributed by atoms with van der Waals surface area (Å²) in [6.07, 6.45) is -4.41. The van der Waals surface area contributed by atoms with Gasteiger partial charge in [-0.05, 0) is 17.5 Å². The van der Waals surface area contributed by atoms with Crippen molar-refractivity contribution in [3.63, 3.8) is 0 Å². The van der Waals surface area contributed by atoms with Crippen molar-refractivity contribution in [2.75, 3.05) is 18.9 Å². The summed E-state index contributed by atoms with van der Waals surface area (Å²) >= 11 is 0. The molecule has 0 spiro atoms. The van der Waals surface area contributed by atoms with Crippen molar-refractivity contribution in [3.05, 3.63) is 33.2 Å². The normalized spacial score (nSPS) is 28.0. The van der Waals surface area contributed by atoms with Crippen molar-refractivity contribution in [2.45, 2.75) is 44.0 Å². The van der Waals surface area contributed by atoms with Crippen molar-refractivity contribution in [1.82, 2.24) is 9.55 Å². The maximum absolute atomic E-state index is 14.8. The average Bonchev–Trinajstić information content (AvgIpc) is 2.89. The first-order chi connectivity index (χ1) is 13.1. The van der Waals surface area contributed by atoms with Crippen LogP contribution in [0.1, 0.15) is 20.1 Å². The lowest BCUT2D eigenvalue weighted by Crippen LogP contribution is -2.50. The molecule has 0 radical (unpaired) electrons. The number of aromatic nitrogens is 2. The van der Waals surface area contributed by atoms with Gasteiger partial charge in [0.1, 0.15) is 30.2 Å². The lowest BCUT2D eigenvalue weighted by atomic mass is 9.96. The average molecular weight is 399 g/mol. The lowest BCUT2D eigenvalue weighted by Gasteiger charge is -2.30. The minimum atomic E-state index is -2.10. The number of hydrogen-bond acceptors (Lipinski definition) is 9. The predicted octanol–water partition coefficient (Wildman–Crippen LogP) is -0.371. The topological polar surface area (TPSA) is 191 Å². The van der Waals surface area contributed by atoms with Gasteiger partial charge in [-0.3, -0.25) is 9.36 Å². The summed E-state index contributed by atoms with van der Waals surface area (Å²) in [6.45, 7) is 2.22. The van der Waals surface area contributed by atoms with Crippen LogP contribution in [0.25, 0.3) is 10.4 Å². The zero-order chi connectivity index (χ0) is 21.1. The monoisotopic (exact) mass is 399 g/mol. The second kappa shape index (κ2) is 8.52. The van der Waals surface area contributed by atoms with Crippen molar-refractivity contribution in [2.24, 2.45) is 16.8 Å². The molecule has 1 fully saturated rings. The highest BCUT2D eigenvalue weighted by molar-refractivity contribution is 5.75. The van der Waals surface area contributed by atoms with Gasteiger partial charge < -0.3 is 26.0 Å². The first-order valence-corrected chi connectivity index (χ1v) is 8.40. The van der Waals surface area contributed by atoms with Crippen LogP contribution in [0.3, 0.4) is 0 Å². The number of carbonyl (C=O) groups excluding carboxylic acids is 1. The van der Waals surface area contributed by atoms with Crippen molar-refractivity contribution >= 4 is 11.8 Å². The molecule has 5 atom stereocenters. The first kappa shape index (κ1) is 21.6. The molecule has 5 N–H and O–H groups in total. The van der Waals surface area contributed by atoms with E-state index >= 15 is 0 Å². The Morgan fingerprint density at radius 1 is 1.64 bits per heavy atom. The summed E-state index contributed by atoms with van der Waals surface area (Å²) in [5.74, 6) is -1.10. The minimum Gasteiger partial charge on any atom is -0.461 e. The van der Waals surface area contributed by atoms with E-state index < -0.39 is 55.0 Å². The third-order valence-corrected chi connectivity index (χ3v) is 4.44. The SMILES string of the molecule is CC(C)[C@H](N)C(=O)OC[C@@]1(CN=[N+]=[N-])O[C@@H](n2ccc(N)nc2=O)[C@H](F)[C@@H]1O. The van der Waals surface area contributed by atoms with Gasteiger partial charge in [0.2, 0.25) is 0 Å². The minimum absolute atomic E-state index is 0.0767. The molecule has 1 aromatic rings. The van der Waals surface area contributed by atoms with E-state index in [9.17, 15) is 19.1 Å². The Morgan fingerprint density at radius 3 is 2.89 bits per heavy atom. The molecule has 154 valence electrons. The smallest absolute Gasteiger partial charge is 0.351 e. The van der Waals surface area contributed by atoms with E-state index in [2.05, 4.69) is 15.0 Å². The molecule has 13 heteroatoms. The standard InChI is InChI=1S/C15H22FN7O5/c1-7(2)10(18)13(25)27-6-15(5-20-22-19)11(24)9(16)12(28-15)23-4-3-8(17)21-14(23)26/h3-4,7,9-12,24H,5-6,18H2,1-2H3,(H2,17,21,26)/t9-,10+,11+,12-,15-/m1/s1. The van der Waals surface area contributed by atoms with Crippen LogP contribution in [0, 0.1) is 5.92 Å². The van der Waals surface area contributed by atoms with Crippen LogP contribution in [-0.4, -0.2) is 57.7 Å². The molecule has 1 saturated heterocycles. The number of azide groups is 1. The molecular weight excluding hydrogens is 377 g/mol. The zero-order valence-corrected chi connectivity index (χ0v) is 15.3. The van der Waals surface area contributed by atoms with E-state index in [0.717, 1.165) is 10.8 Å². The third kappa shape index (κ3) is 4.22. The summed E-state index contributed by atoms with van der Waals surface area (Å²) in [6, 6.07) is 0.301. The highest BCUT2D eigenvalue weighted by Gasteiger charge is 2.56. The van der Waals surface area contributed by atoms with Crippen LogP contribution in [0.2, 0.25) is 0 Å². The van der Waals surface area contributed by atoms with Crippen LogP contribution in [0.5, 0.6) is 0 Å². The second-order valence-electron chi connectivity index (χ2n) is 6.77. The number of halogens is 1. The Morgan fingerprint density at radius 2 is 2.32 bits per heavy atom. The summed E-state index contributed by atoms with van der Waals surface area (Å²) in [4.78, 5) is 30.1. The van der Waals surface area contributed by atoms with Crippen LogP contribution in [0.15, 0.2) is 22.2 Å².